The van der Waals surface area contributed by atoms with E-state index < -0.39 is 0 Å². The lowest BCUT2D eigenvalue weighted by atomic mass is 10.5. The second kappa shape index (κ2) is 3.70. The first-order chi connectivity index (χ1) is 3.31. The average Bonchev–Trinajstić information content (AvgIpc) is 1.68. The zero-order valence-electron chi connectivity index (χ0n) is 4.94. The van der Waals surface area contributed by atoms with Crippen LogP contribution in [-0.4, -0.2) is 25.0 Å². The molecule has 0 spiro atoms. The Morgan fingerprint density at radius 2 is 2.29 bits per heavy atom. The summed E-state index contributed by atoms with van der Waals surface area (Å²) in [5.41, 5.74) is 0. The molecule has 0 unspecified atom stereocenters. The Hall–Kier alpha value is -0.480. The van der Waals surface area contributed by atoms with Crippen LogP contribution in [0.3, 0.4) is 0 Å². The second-order valence-corrected chi connectivity index (χ2v) is 1.53. The third-order valence-electron chi connectivity index (χ3n) is 0.901. The molecule has 0 aromatic rings. The molecule has 1 heteroatoms. The predicted molar refractivity (Wildman–Crippen MR) is 32.0 cm³/mol. The number of nitrogens with zero attached hydrogens (tertiary/aromatic N) is 1. The maximum atomic E-state index is 5.01. The molecule has 0 amide bonds. The highest BCUT2D eigenvalue weighted by atomic mass is 15.1. The van der Waals surface area contributed by atoms with Crippen LogP contribution >= 0.6 is 0 Å². The van der Waals surface area contributed by atoms with E-state index in [2.05, 4.69) is 17.7 Å². The van der Waals surface area contributed by atoms with E-state index in [0.717, 1.165) is 13.1 Å². The van der Waals surface area contributed by atoms with Crippen LogP contribution in [0.25, 0.3) is 0 Å². The van der Waals surface area contributed by atoms with E-state index in [0.29, 0.717) is 0 Å². The molecule has 0 fully saturated rings. The second-order valence-electron chi connectivity index (χ2n) is 1.53. The topological polar surface area (TPSA) is 3.24 Å². The molecule has 0 aliphatic rings. The zero-order valence-corrected chi connectivity index (χ0v) is 4.94. The number of terminal acetylenes is 1. The van der Waals surface area contributed by atoms with Crippen LogP contribution in [0.4, 0.5) is 0 Å². The van der Waals surface area contributed by atoms with Crippen LogP contribution in [0.2, 0.25) is 0 Å². The molecular formula is C6H11N. The van der Waals surface area contributed by atoms with Gasteiger partial charge in [0.15, 0.2) is 0 Å². The lowest BCUT2D eigenvalue weighted by molar-refractivity contribution is 0.398. The minimum atomic E-state index is 0.760. The maximum absolute atomic E-state index is 5.01. The van der Waals surface area contributed by atoms with Crippen LogP contribution in [0.15, 0.2) is 0 Å². The van der Waals surface area contributed by atoms with Gasteiger partial charge in [-0.15, -0.1) is 6.42 Å². The number of hydrogen-bond acceptors (Lipinski definition) is 1. The molecule has 0 saturated heterocycles. The number of hydrogen-bond donors (Lipinski definition) is 0. The maximum Gasteiger partial charge on any atom is 0.0596 e. The Kier molecular flexibility index (Phi) is 3.45. The highest BCUT2D eigenvalue weighted by Crippen LogP contribution is 1.74. The molecule has 0 heterocycles. The zero-order chi connectivity index (χ0) is 5.70. The summed E-state index contributed by atoms with van der Waals surface area (Å²) in [6.07, 6.45) is 5.01. The summed E-state index contributed by atoms with van der Waals surface area (Å²) in [5, 5.41) is 0. The van der Waals surface area contributed by atoms with Crippen molar-refractivity contribution in [2.24, 2.45) is 0 Å². The molecule has 1 nitrogen and oxygen atoms in total. The van der Waals surface area contributed by atoms with Crippen LogP contribution in [0.1, 0.15) is 6.92 Å². The fraction of sp³-hybridized carbons (Fsp3) is 0.667. The molecule has 0 aromatic heterocycles. The third-order valence-corrected chi connectivity index (χ3v) is 0.901. The average molecular weight is 97.2 g/mol. The van der Waals surface area contributed by atoms with Gasteiger partial charge in [-0.2, -0.15) is 0 Å². The standard InChI is InChI=1S/C6H11N/c1-4-6-7(3)5-2/h1H,5-6H2,2-3H3. The van der Waals surface area contributed by atoms with Gasteiger partial charge in [-0.3, -0.25) is 4.90 Å². The molecule has 0 rings (SSSR count). The van der Waals surface area contributed by atoms with Gasteiger partial charge in [0.2, 0.25) is 0 Å². The minimum Gasteiger partial charge on any atom is -0.296 e. The molecular weight excluding hydrogens is 86.1 g/mol. The fourth-order valence-electron chi connectivity index (χ4n) is 0.268. The molecule has 40 valence electrons. The summed E-state index contributed by atoms with van der Waals surface area (Å²) in [5.74, 6) is 2.54. The Bertz CT molecular complexity index is 70.7. The monoisotopic (exact) mass is 97.1 g/mol. The van der Waals surface area contributed by atoms with Crippen LogP contribution < -0.4 is 0 Å². The van der Waals surface area contributed by atoms with E-state index in [-0.39, 0.29) is 0 Å². The van der Waals surface area contributed by atoms with E-state index in [4.69, 9.17) is 6.42 Å². The van der Waals surface area contributed by atoms with E-state index in [1.54, 1.807) is 0 Å². The van der Waals surface area contributed by atoms with E-state index in [1.165, 1.54) is 0 Å². The molecule has 0 N–H and O–H groups in total. The molecule has 0 aromatic carbocycles. The van der Waals surface area contributed by atoms with Gasteiger partial charge >= 0.3 is 0 Å². The molecule has 0 aliphatic carbocycles. The Balaban J connectivity index is 3.03. The van der Waals surface area contributed by atoms with Crippen molar-refractivity contribution in [3.05, 3.63) is 0 Å². The fourth-order valence-corrected chi connectivity index (χ4v) is 0.268. The Labute approximate surface area is 45.3 Å². The van der Waals surface area contributed by atoms with Crippen molar-refractivity contribution in [2.45, 2.75) is 6.92 Å². The third kappa shape index (κ3) is 3.35. The van der Waals surface area contributed by atoms with Crippen molar-refractivity contribution < 1.29 is 0 Å². The molecule has 0 saturated carbocycles. The highest BCUT2D eigenvalue weighted by Gasteiger charge is 1.84. The van der Waals surface area contributed by atoms with Gasteiger partial charge in [0, 0.05) is 0 Å². The van der Waals surface area contributed by atoms with E-state index >= 15 is 0 Å². The normalized spacial score (nSPS) is 8.86. The first kappa shape index (κ1) is 6.52. The van der Waals surface area contributed by atoms with Crippen molar-refractivity contribution in [1.82, 2.24) is 4.90 Å². The summed E-state index contributed by atoms with van der Waals surface area (Å²) in [6.45, 7) is 3.87. The van der Waals surface area contributed by atoms with Crippen molar-refractivity contribution in [3.8, 4) is 12.3 Å². The van der Waals surface area contributed by atoms with Crippen molar-refractivity contribution in [1.29, 1.82) is 0 Å². The predicted octanol–water partition coefficient (Wildman–Crippen LogP) is 0.571. The summed E-state index contributed by atoms with van der Waals surface area (Å²) >= 11 is 0. The summed E-state index contributed by atoms with van der Waals surface area (Å²) in [4.78, 5) is 2.07. The molecule has 0 bridgehead atoms. The Morgan fingerprint density at radius 1 is 1.71 bits per heavy atom. The number of rotatable bonds is 2. The van der Waals surface area contributed by atoms with Crippen LogP contribution in [0.5, 0.6) is 0 Å². The lowest BCUT2D eigenvalue weighted by Gasteiger charge is -2.06. The summed E-state index contributed by atoms with van der Waals surface area (Å²) in [6, 6.07) is 0. The van der Waals surface area contributed by atoms with Crippen molar-refractivity contribution in [3.63, 3.8) is 0 Å². The first-order valence-electron chi connectivity index (χ1n) is 2.43. The molecule has 0 aliphatic heterocycles. The van der Waals surface area contributed by atoms with Crippen molar-refractivity contribution in [2.75, 3.05) is 20.1 Å². The van der Waals surface area contributed by atoms with Gasteiger partial charge in [-0.25, -0.2) is 0 Å². The van der Waals surface area contributed by atoms with Gasteiger partial charge in [-0.1, -0.05) is 12.8 Å². The minimum absolute atomic E-state index is 0.760. The van der Waals surface area contributed by atoms with Gasteiger partial charge < -0.3 is 0 Å². The van der Waals surface area contributed by atoms with Gasteiger partial charge in [0.1, 0.15) is 0 Å². The van der Waals surface area contributed by atoms with E-state index in [1.807, 2.05) is 7.05 Å². The summed E-state index contributed by atoms with van der Waals surface area (Å²) < 4.78 is 0. The van der Waals surface area contributed by atoms with Crippen molar-refractivity contribution >= 4 is 0 Å². The quantitative estimate of drug-likeness (QED) is 0.455. The van der Waals surface area contributed by atoms with Gasteiger partial charge in [-0.05, 0) is 13.6 Å². The molecule has 0 radical (unpaired) electrons. The highest BCUT2D eigenvalue weighted by molar-refractivity contribution is 4.86. The summed E-state index contributed by atoms with van der Waals surface area (Å²) in [7, 11) is 2.00. The lowest BCUT2D eigenvalue weighted by Crippen LogP contribution is -2.16. The van der Waals surface area contributed by atoms with Gasteiger partial charge in [0.05, 0.1) is 6.54 Å². The molecule has 0 atom stereocenters. The first-order valence-corrected chi connectivity index (χ1v) is 2.43. The van der Waals surface area contributed by atoms with Crippen LogP contribution in [0, 0.1) is 12.3 Å². The van der Waals surface area contributed by atoms with E-state index in [9.17, 15) is 0 Å². The largest absolute Gasteiger partial charge is 0.296 e. The Morgan fingerprint density at radius 3 is 2.43 bits per heavy atom. The smallest absolute Gasteiger partial charge is 0.0596 e. The van der Waals surface area contributed by atoms with Crippen LogP contribution in [-0.2, 0) is 0 Å². The van der Waals surface area contributed by atoms with Gasteiger partial charge in [0.25, 0.3) is 0 Å². The molecule has 7 heavy (non-hydrogen) atoms. The SMILES string of the molecule is C#CCN(C)CC.